The monoisotopic (exact) mass is 324 g/mol. The highest BCUT2D eigenvalue weighted by Crippen LogP contribution is 2.28. The molecule has 0 aliphatic heterocycles. The highest BCUT2D eigenvalue weighted by atomic mass is 32.2. The molecule has 2 rings (SSSR count). The summed E-state index contributed by atoms with van der Waals surface area (Å²) in [4.78, 5) is 4.62. The zero-order valence-corrected chi connectivity index (χ0v) is 14.5. The molecular formula is C15H20N2O2S2. The molecule has 1 aromatic carbocycles. The number of hydrogen-bond acceptors (Lipinski definition) is 4. The molecule has 114 valence electrons. The number of aromatic nitrogens is 1. The van der Waals surface area contributed by atoms with Gasteiger partial charge in [-0.1, -0.05) is 26.8 Å². The molecule has 0 saturated carbocycles. The molecule has 1 heterocycles. The van der Waals surface area contributed by atoms with Gasteiger partial charge in [-0.05, 0) is 37.1 Å². The lowest BCUT2D eigenvalue weighted by Crippen LogP contribution is -2.15. The minimum Gasteiger partial charge on any atom is -0.255 e. The Balaban J connectivity index is 2.29. The summed E-state index contributed by atoms with van der Waals surface area (Å²) in [6, 6.07) is 5.10. The molecule has 0 radical (unpaired) electrons. The number of benzene rings is 1. The zero-order valence-electron chi connectivity index (χ0n) is 12.9. The fourth-order valence-electron chi connectivity index (χ4n) is 1.72. The average molecular weight is 324 g/mol. The highest BCUT2D eigenvalue weighted by Gasteiger charge is 2.20. The maximum absolute atomic E-state index is 12.4. The van der Waals surface area contributed by atoms with Gasteiger partial charge < -0.3 is 0 Å². The second-order valence-corrected chi connectivity index (χ2v) is 8.68. The molecule has 0 spiro atoms. The molecule has 0 aliphatic rings. The first-order valence-electron chi connectivity index (χ1n) is 6.66. The maximum Gasteiger partial charge on any atom is 0.263 e. The lowest BCUT2D eigenvalue weighted by Gasteiger charge is -2.14. The van der Waals surface area contributed by atoms with Gasteiger partial charge in [-0.2, -0.15) is 0 Å². The third-order valence-corrected chi connectivity index (χ3v) is 5.51. The van der Waals surface area contributed by atoms with Crippen LogP contribution in [0, 0.1) is 13.8 Å². The lowest BCUT2D eigenvalue weighted by molar-refractivity contribution is 0.573. The molecule has 1 N–H and O–H groups in total. The van der Waals surface area contributed by atoms with Crippen LogP contribution in [0.4, 0.5) is 5.13 Å². The van der Waals surface area contributed by atoms with E-state index in [-0.39, 0.29) is 10.3 Å². The Labute approximate surface area is 130 Å². The number of thiazole rings is 1. The Kier molecular flexibility index (Phi) is 4.13. The van der Waals surface area contributed by atoms with Gasteiger partial charge in [0, 0.05) is 10.8 Å². The number of aryl methyl sites for hydroxylation is 2. The molecule has 0 fully saturated rings. The van der Waals surface area contributed by atoms with E-state index in [0.29, 0.717) is 5.13 Å². The lowest BCUT2D eigenvalue weighted by atomic mass is 9.93. The van der Waals surface area contributed by atoms with Gasteiger partial charge in [-0.25, -0.2) is 13.4 Å². The minimum atomic E-state index is -3.59. The van der Waals surface area contributed by atoms with E-state index >= 15 is 0 Å². The largest absolute Gasteiger partial charge is 0.263 e. The van der Waals surface area contributed by atoms with Crippen molar-refractivity contribution < 1.29 is 8.42 Å². The number of hydrogen-bond donors (Lipinski definition) is 1. The topological polar surface area (TPSA) is 59.1 Å². The number of nitrogens with zero attached hydrogens (tertiary/aromatic N) is 1. The molecule has 0 aliphatic carbocycles. The third-order valence-electron chi connectivity index (χ3n) is 3.28. The number of rotatable bonds is 3. The van der Waals surface area contributed by atoms with Crippen molar-refractivity contribution in [2.45, 2.75) is 44.9 Å². The first-order valence-corrected chi connectivity index (χ1v) is 9.02. The van der Waals surface area contributed by atoms with Crippen molar-refractivity contribution in [1.29, 1.82) is 0 Å². The quantitative estimate of drug-likeness (QED) is 0.932. The number of nitrogens with one attached hydrogen (secondary N) is 1. The van der Waals surface area contributed by atoms with E-state index in [9.17, 15) is 8.42 Å². The van der Waals surface area contributed by atoms with Gasteiger partial charge >= 0.3 is 0 Å². The molecule has 1 aromatic heterocycles. The van der Waals surface area contributed by atoms with Crippen molar-refractivity contribution >= 4 is 26.5 Å². The minimum absolute atomic E-state index is 0.0966. The van der Waals surface area contributed by atoms with Gasteiger partial charge in [0.1, 0.15) is 0 Å². The van der Waals surface area contributed by atoms with Gasteiger partial charge in [0.2, 0.25) is 0 Å². The van der Waals surface area contributed by atoms with Crippen LogP contribution in [-0.4, -0.2) is 13.4 Å². The molecule has 0 atom stereocenters. The van der Waals surface area contributed by atoms with Gasteiger partial charge in [0.05, 0.1) is 10.6 Å². The average Bonchev–Trinajstić information content (AvgIpc) is 2.80. The van der Waals surface area contributed by atoms with E-state index in [1.54, 1.807) is 12.1 Å². The van der Waals surface area contributed by atoms with Gasteiger partial charge in [-0.15, -0.1) is 11.3 Å². The Morgan fingerprint density at radius 1 is 1.14 bits per heavy atom. The Bertz CT molecular complexity index is 756. The maximum atomic E-state index is 12.4. The summed E-state index contributed by atoms with van der Waals surface area (Å²) >= 11 is 1.30. The van der Waals surface area contributed by atoms with Crippen LogP contribution in [0.3, 0.4) is 0 Å². The molecule has 6 heteroatoms. The summed E-state index contributed by atoms with van der Waals surface area (Å²) in [6.45, 7) is 9.99. The van der Waals surface area contributed by atoms with Crippen molar-refractivity contribution in [3.8, 4) is 0 Å². The summed E-state index contributed by atoms with van der Waals surface area (Å²) in [5, 5.41) is 2.29. The van der Waals surface area contributed by atoms with Gasteiger partial charge in [-0.3, -0.25) is 4.72 Å². The van der Waals surface area contributed by atoms with Crippen LogP contribution in [0.2, 0.25) is 0 Å². The zero-order chi connectivity index (χ0) is 15.8. The van der Waals surface area contributed by atoms with E-state index in [1.165, 1.54) is 11.3 Å². The third kappa shape index (κ3) is 3.63. The summed E-state index contributed by atoms with van der Waals surface area (Å²) in [7, 11) is -3.59. The first-order chi connectivity index (χ1) is 9.59. The van der Waals surface area contributed by atoms with Gasteiger partial charge in [0.15, 0.2) is 5.13 Å². The van der Waals surface area contributed by atoms with Crippen LogP contribution >= 0.6 is 11.3 Å². The fourth-order valence-corrected chi connectivity index (χ4v) is 3.99. The van der Waals surface area contributed by atoms with Crippen LogP contribution in [0.25, 0.3) is 0 Å². The molecule has 0 bridgehead atoms. The summed E-state index contributed by atoms with van der Waals surface area (Å²) in [6.07, 6.45) is 0. The van der Waals surface area contributed by atoms with Crippen molar-refractivity contribution in [2.24, 2.45) is 0 Å². The van der Waals surface area contributed by atoms with Crippen LogP contribution in [-0.2, 0) is 15.4 Å². The summed E-state index contributed by atoms with van der Waals surface area (Å²) < 4.78 is 27.3. The van der Waals surface area contributed by atoms with Crippen LogP contribution in [0.1, 0.15) is 37.6 Å². The van der Waals surface area contributed by atoms with Crippen molar-refractivity contribution in [3.05, 3.63) is 40.4 Å². The molecule has 4 nitrogen and oxygen atoms in total. The second kappa shape index (κ2) is 5.42. The second-order valence-electron chi connectivity index (χ2n) is 6.14. The van der Waals surface area contributed by atoms with E-state index in [0.717, 1.165) is 16.8 Å². The SMILES string of the molecule is Cc1ccc(S(=O)(=O)Nc2nc(C(C)(C)C)cs2)cc1C. The van der Waals surface area contributed by atoms with Crippen LogP contribution in [0.5, 0.6) is 0 Å². The van der Waals surface area contributed by atoms with E-state index in [1.807, 2.05) is 46.1 Å². The summed E-state index contributed by atoms with van der Waals surface area (Å²) in [5.41, 5.74) is 2.80. The van der Waals surface area contributed by atoms with Crippen molar-refractivity contribution in [1.82, 2.24) is 4.98 Å². The smallest absolute Gasteiger partial charge is 0.255 e. The van der Waals surface area contributed by atoms with E-state index in [4.69, 9.17) is 0 Å². The first kappa shape index (κ1) is 16.0. The molecule has 0 amide bonds. The molecule has 2 aromatic rings. The Morgan fingerprint density at radius 2 is 1.81 bits per heavy atom. The molecule has 21 heavy (non-hydrogen) atoms. The molecular weight excluding hydrogens is 304 g/mol. The molecule has 0 unspecified atom stereocenters. The summed E-state index contributed by atoms with van der Waals surface area (Å²) in [5.74, 6) is 0. The van der Waals surface area contributed by atoms with Crippen LogP contribution in [0.15, 0.2) is 28.5 Å². The highest BCUT2D eigenvalue weighted by molar-refractivity contribution is 7.93. The van der Waals surface area contributed by atoms with Crippen LogP contribution < -0.4 is 4.72 Å². The number of anilines is 1. The van der Waals surface area contributed by atoms with E-state index in [2.05, 4.69) is 9.71 Å². The van der Waals surface area contributed by atoms with E-state index < -0.39 is 10.0 Å². The fraction of sp³-hybridized carbons (Fsp3) is 0.400. The standard InChI is InChI=1S/C15H20N2O2S2/c1-10-6-7-12(8-11(10)2)21(18,19)17-14-16-13(9-20-14)15(3,4)5/h6-9H,1-5H3,(H,16,17). The Morgan fingerprint density at radius 3 is 2.33 bits per heavy atom. The predicted molar refractivity (Wildman–Crippen MR) is 87.5 cm³/mol. The van der Waals surface area contributed by atoms with Gasteiger partial charge in [0.25, 0.3) is 10.0 Å². The predicted octanol–water partition coefficient (Wildman–Crippen LogP) is 3.86. The Hall–Kier alpha value is -1.40. The van der Waals surface area contributed by atoms with Crippen molar-refractivity contribution in [2.75, 3.05) is 4.72 Å². The normalized spacial score (nSPS) is 12.4. The number of sulfonamides is 1. The molecule has 0 saturated heterocycles. The van der Waals surface area contributed by atoms with Crippen molar-refractivity contribution in [3.63, 3.8) is 0 Å².